The van der Waals surface area contributed by atoms with Crippen LogP contribution in [0.4, 0.5) is 0 Å². The van der Waals surface area contributed by atoms with Gasteiger partial charge in [0, 0.05) is 0 Å². The predicted octanol–water partition coefficient (Wildman–Crippen LogP) is -6.72. The Hall–Kier alpha value is 2.19. The zero-order valence-electron chi connectivity index (χ0n) is 2.50. The van der Waals surface area contributed by atoms with Crippen LogP contribution in [0.2, 0.25) is 0 Å². The summed E-state index contributed by atoms with van der Waals surface area (Å²) in [4.78, 5) is 0. The van der Waals surface area contributed by atoms with E-state index in [0.717, 1.165) is 0 Å². The monoisotopic (exact) mass is 122 g/mol. The van der Waals surface area contributed by atoms with Crippen LogP contribution in [0.5, 0.6) is 0 Å². The molecule has 10 N–H and O–H groups in total. The van der Waals surface area contributed by atoms with Gasteiger partial charge < -0.3 is 27.4 Å². The Balaban J connectivity index is 0. The van der Waals surface area contributed by atoms with Crippen molar-refractivity contribution in [3.05, 3.63) is 0 Å². The molecule has 9 heavy (non-hydrogen) atoms. The molecule has 0 radical (unpaired) electrons. The Labute approximate surface area is 102 Å². The summed E-state index contributed by atoms with van der Waals surface area (Å²) in [6, 6.07) is 0. The molecule has 0 fully saturated rings. The molecule has 0 aliphatic heterocycles. The standard InChI is InChI=1S/4Li.5H2O.4H/h;;;;5*1H2;;;;. The van der Waals surface area contributed by atoms with Crippen molar-refractivity contribution in [2.24, 2.45) is 0 Å². The van der Waals surface area contributed by atoms with Crippen molar-refractivity contribution in [2.75, 3.05) is 0 Å². The third kappa shape index (κ3) is 143. The maximum atomic E-state index is 0. The molecule has 0 saturated heterocycles. The molecule has 0 aliphatic rings. The Morgan fingerprint density at radius 3 is 0.222 bits per heavy atom. The SMILES string of the molecule is O.O.O.O.O.[LiH].[LiH].[LiH].[LiH]. The van der Waals surface area contributed by atoms with Crippen LogP contribution in [-0.4, -0.2) is 103 Å². The van der Waals surface area contributed by atoms with Gasteiger partial charge in [-0.15, -0.1) is 0 Å². The predicted molar refractivity (Wildman–Crippen MR) is 46.7 cm³/mol. The molecule has 0 heterocycles. The van der Waals surface area contributed by atoms with Gasteiger partial charge in [-0.3, -0.25) is 0 Å². The van der Waals surface area contributed by atoms with Gasteiger partial charge >= 0.3 is 75.4 Å². The van der Waals surface area contributed by atoms with Gasteiger partial charge in [-0.1, -0.05) is 0 Å². The second kappa shape index (κ2) is 179. The van der Waals surface area contributed by atoms with Crippen LogP contribution in [0, 0.1) is 0 Å². The number of rotatable bonds is 0. The molecule has 0 aromatic rings. The first kappa shape index (κ1) is 242. The summed E-state index contributed by atoms with van der Waals surface area (Å²) in [7, 11) is 0. The summed E-state index contributed by atoms with van der Waals surface area (Å²) in [5.74, 6) is 0. The van der Waals surface area contributed by atoms with Crippen LogP contribution in [0.15, 0.2) is 0 Å². The summed E-state index contributed by atoms with van der Waals surface area (Å²) in [6.45, 7) is 0. The fraction of sp³-hybridized carbons (Fsp3) is 0. The first-order valence-corrected chi connectivity index (χ1v) is 0. The third-order valence-electron chi connectivity index (χ3n) is 0. The molecule has 0 aromatic heterocycles. The van der Waals surface area contributed by atoms with E-state index < -0.39 is 0 Å². The molecule has 0 bridgehead atoms. The second-order valence-electron chi connectivity index (χ2n) is 0. The normalized spacial score (nSPS) is 0. The molecule has 0 amide bonds. The Morgan fingerprint density at radius 1 is 0.222 bits per heavy atom. The Kier molecular flexibility index (Phi) is 4830. The van der Waals surface area contributed by atoms with E-state index in [0.29, 0.717) is 0 Å². The minimum atomic E-state index is 0. The minimum absolute atomic E-state index is 0. The van der Waals surface area contributed by atoms with Crippen LogP contribution in [-0.2, 0) is 0 Å². The zero-order valence-corrected chi connectivity index (χ0v) is 2.50. The quantitative estimate of drug-likeness (QED) is 0.279. The van der Waals surface area contributed by atoms with Crippen LogP contribution in [0.25, 0.3) is 0 Å². The molecule has 0 atom stereocenters. The summed E-state index contributed by atoms with van der Waals surface area (Å²) in [5, 5.41) is 0. The first-order valence-electron chi connectivity index (χ1n) is 0. The average Bonchev–Trinajstić information content (AvgIpc) is 0. The van der Waals surface area contributed by atoms with Crippen LogP contribution in [0.1, 0.15) is 0 Å². The zero-order chi connectivity index (χ0) is 0. The fourth-order valence-corrected chi connectivity index (χ4v) is 0. The van der Waals surface area contributed by atoms with Crippen molar-refractivity contribution in [3.63, 3.8) is 0 Å². The van der Waals surface area contributed by atoms with Crippen molar-refractivity contribution in [1.82, 2.24) is 0 Å². The topological polar surface area (TPSA) is 158 Å². The van der Waals surface area contributed by atoms with Gasteiger partial charge in [0.05, 0.1) is 0 Å². The van der Waals surface area contributed by atoms with E-state index in [4.69, 9.17) is 0 Å². The van der Waals surface area contributed by atoms with Gasteiger partial charge in [0.15, 0.2) is 0 Å². The molecular formula is H14Li4O5. The molecule has 0 saturated carbocycles. The van der Waals surface area contributed by atoms with Gasteiger partial charge in [0.2, 0.25) is 0 Å². The van der Waals surface area contributed by atoms with E-state index >= 15 is 0 Å². The van der Waals surface area contributed by atoms with Gasteiger partial charge in [-0.2, -0.15) is 0 Å². The fourth-order valence-electron chi connectivity index (χ4n) is 0. The van der Waals surface area contributed by atoms with Crippen molar-refractivity contribution in [1.29, 1.82) is 0 Å². The second-order valence-corrected chi connectivity index (χ2v) is 0. The van der Waals surface area contributed by atoms with Gasteiger partial charge in [-0.25, -0.2) is 0 Å². The van der Waals surface area contributed by atoms with Crippen molar-refractivity contribution < 1.29 is 27.4 Å². The third-order valence-corrected chi connectivity index (χ3v) is 0. The molecule has 0 aromatic carbocycles. The van der Waals surface area contributed by atoms with Crippen LogP contribution in [0.3, 0.4) is 0 Å². The van der Waals surface area contributed by atoms with E-state index in [1.54, 1.807) is 0 Å². The van der Waals surface area contributed by atoms with E-state index in [1.165, 1.54) is 0 Å². The molecule has 0 spiro atoms. The van der Waals surface area contributed by atoms with E-state index in [2.05, 4.69) is 0 Å². The number of hydrogen-bond donors (Lipinski definition) is 0. The van der Waals surface area contributed by atoms with Crippen molar-refractivity contribution >= 4 is 75.4 Å². The molecular weight excluding hydrogens is 108 g/mol. The molecule has 0 unspecified atom stereocenters. The Bertz CT molecular complexity index is 8.92. The molecule has 9 heteroatoms. The van der Waals surface area contributed by atoms with Crippen LogP contribution < -0.4 is 0 Å². The van der Waals surface area contributed by atoms with Crippen molar-refractivity contribution in [3.8, 4) is 0 Å². The van der Waals surface area contributed by atoms with Gasteiger partial charge in [-0.05, 0) is 0 Å². The van der Waals surface area contributed by atoms with Gasteiger partial charge in [0.1, 0.15) is 0 Å². The van der Waals surface area contributed by atoms with E-state index in [9.17, 15) is 0 Å². The maximum absolute atomic E-state index is 0. The van der Waals surface area contributed by atoms with E-state index in [-0.39, 0.29) is 103 Å². The summed E-state index contributed by atoms with van der Waals surface area (Å²) in [6.07, 6.45) is 0. The van der Waals surface area contributed by atoms with Crippen molar-refractivity contribution in [2.45, 2.75) is 0 Å². The van der Waals surface area contributed by atoms with Gasteiger partial charge in [0.25, 0.3) is 0 Å². The summed E-state index contributed by atoms with van der Waals surface area (Å²) >= 11 is 0. The number of hydrogen-bond acceptors (Lipinski definition) is 0. The summed E-state index contributed by atoms with van der Waals surface area (Å²) < 4.78 is 0. The average molecular weight is 122 g/mol. The van der Waals surface area contributed by atoms with E-state index in [1.807, 2.05) is 0 Å². The Morgan fingerprint density at radius 2 is 0.222 bits per heavy atom. The molecule has 5 nitrogen and oxygen atoms in total. The first-order chi connectivity index (χ1) is 0. The van der Waals surface area contributed by atoms with Crippen LogP contribution >= 0.6 is 0 Å². The molecule has 48 valence electrons. The molecule has 0 rings (SSSR count). The molecule has 0 aliphatic carbocycles. The summed E-state index contributed by atoms with van der Waals surface area (Å²) in [5.41, 5.74) is 0.